The average molecular weight is 390 g/mol. The summed E-state index contributed by atoms with van der Waals surface area (Å²) in [5.41, 5.74) is 2.00. The second-order valence-corrected chi connectivity index (χ2v) is 5.70. The summed E-state index contributed by atoms with van der Waals surface area (Å²) in [6.07, 6.45) is 0. The highest BCUT2D eigenvalue weighted by Crippen LogP contribution is 2.24. The average Bonchev–Trinajstić information content (AvgIpc) is 2.59. The van der Waals surface area contributed by atoms with E-state index >= 15 is 0 Å². The summed E-state index contributed by atoms with van der Waals surface area (Å²) in [6.45, 7) is -0.211. The van der Waals surface area contributed by atoms with Crippen molar-refractivity contribution < 1.29 is 14.0 Å². The first-order chi connectivity index (χ1) is 11.6. The molecule has 2 amide bonds. The van der Waals surface area contributed by atoms with Gasteiger partial charge in [0, 0.05) is 11.1 Å². The van der Waals surface area contributed by atoms with E-state index in [0.717, 1.165) is 5.01 Å². The number of carbonyl (C=O) groups excluding carboxylic acids is 2. The summed E-state index contributed by atoms with van der Waals surface area (Å²) in [5.74, 6) is -1.21. The minimum absolute atomic E-state index is 0.0296. The van der Waals surface area contributed by atoms with Crippen molar-refractivity contribution in [1.29, 1.82) is 0 Å². The van der Waals surface area contributed by atoms with Gasteiger partial charge in [0.15, 0.2) is 0 Å². The van der Waals surface area contributed by atoms with Crippen molar-refractivity contribution in [3.05, 3.63) is 65.5 Å². The fourth-order valence-corrected chi connectivity index (χ4v) is 2.67. The van der Waals surface area contributed by atoms with Gasteiger partial charge in [0.05, 0.1) is 11.0 Å². The number of hydrazone groups is 1. The van der Waals surface area contributed by atoms with Gasteiger partial charge in [-0.25, -0.2) is 9.40 Å². The smallest absolute Gasteiger partial charge is 0.253 e. The maximum absolute atomic E-state index is 13.8. The van der Waals surface area contributed by atoms with Crippen LogP contribution in [0.2, 0.25) is 0 Å². The van der Waals surface area contributed by atoms with Gasteiger partial charge >= 0.3 is 0 Å². The number of hydrogen-bond acceptors (Lipinski definition) is 3. The Hall–Kier alpha value is -2.54. The van der Waals surface area contributed by atoms with E-state index in [4.69, 9.17) is 0 Å². The Balaban J connectivity index is 2.22. The van der Waals surface area contributed by atoms with Crippen LogP contribution in [-0.2, 0) is 9.59 Å². The lowest BCUT2D eigenvalue weighted by molar-refractivity contribution is -0.132. The lowest BCUT2D eigenvalue weighted by atomic mass is 10.00. The Morgan fingerprint density at radius 2 is 2.00 bits per heavy atom. The summed E-state index contributed by atoms with van der Waals surface area (Å²) >= 11 is 3.08. The van der Waals surface area contributed by atoms with Crippen LogP contribution < -0.4 is 5.32 Å². The van der Waals surface area contributed by atoms with Crippen molar-refractivity contribution in [3.8, 4) is 0 Å². The highest BCUT2D eigenvalue weighted by atomic mass is 79.9. The van der Waals surface area contributed by atoms with Gasteiger partial charge in [-0.05, 0) is 18.2 Å². The number of fused-ring (bicyclic) bond motifs is 1. The van der Waals surface area contributed by atoms with Crippen LogP contribution in [0, 0.1) is 5.82 Å². The van der Waals surface area contributed by atoms with E-state index < -0.39 is 11.7 Å². The molecule has 1 aliphatic heterocycles. The molecule has 0 radical (unpaired) electrons. The Morgan fingerprint density at radius 3 is 2.71 bits per heavy atom. The lowest BCUT2D eigenvalue weighted by Crippen LogP contribution is -2.37. The first-order valence-corrected chi connectivity index (χ1v) is 8.31. The van der Waals surface area contributed by atoms with Gasteiger partial charge in [0.2, 0.25) is 5.91 Å². The number of amides is 2. The van der Waals surface area contributed by atoms with Gasteiger partial charge in [0.25, 0.3) is 5.91 Å². The van der Waals surface area contributed by atoms with Crippen LogP contribution in [0.3, 0.4) is 0 Å². The van der Waals surface area contributed by atoms with Crippen LogP contribution in [0.15, 0.2) is 53.6 Å². The minimum atomic E-state index is -0.453. The molecule has 24 heavy (non-hydrogen) atoms. The summed E-state index contributed by atoms with van der Waals surface area (Å²) in [7, 11) is 0. The summed E-state index contributed by atoms with van der Waals surface area (Å²) in [4.78, 5) is 24.1. The molecule has 1 N–H and O–H groups in total. The molecule has 0 atom stereocenters. The molecule has 0 aromatic heterocycles. The first-order valence-electron chi connectivity index (χ1n) is 7.18. The Labute approximate surface area is 146 Å². The van der Waals surface area contributed by atoms with E-state index in [-0.39, 0.29) is 17.8 Å². The fraction of sp³-hybridized carbons (Fsp3) is 0.118. The summed E-state index contributed by atoms with van der Waals surface area (Å²) < 4.78 is 13.8. The van der Waals surface area contributed by atoms with Crippen molar-refractivity contribution in [2.45, 2.75) is 0 Å². The zero-order valence-corrected chi connectivity index (χ0v) is 14.1. The van der Waals surface area contributed by atoms with Gasteiger partial charge in [-0.15, -0.1) is 0 Å². The van der Waals surface area contributed by atoms with E-state index in [2.05, 4.69) is 26.3 Å². The molecule has 7 heteroatoms. The molecule has 2 aromatic carbocycles. The maximum Gasteiger partial charge on any atom is 0.253 e. The largest absolute Gasteiger partial charge is 0.324 e. The Bertz CT molecular complexity index is 824. The summed E-state index contributed by atoms with van der Waals surface area (Å²) in [5, 5.41) is 8.17. The van der Waals surface area contributed by atoms with Gasteiger partial charge < -0.3 is 5.32 Å². The number of nitrogens with one attached hydrogen (secondary N) is 1. The third-order valence-electron chi connectivity index (χ3n) is 3.47. The SMILES string of the molecule is O=C1CN(C(=O)CBr)N=C(c2ccccc2)c2cc(F)ccc2N1. The molecule has 122 valence electrons. The highest BCUT2D eigenvalue weighted by Gasteiger charge is 2.23. The minimum Gasteiger partial charge on any atom is -0.324 e. The number of nitrogens with zero attached hydrogens (tertiary/aromatic N) is 2. The molecule has 0 spiro atoms. The lowest BCUT2D eigenvalue weighted by Gasteiger charge is -2.23. The van der Waals surface area contributed by atoms with E-state index in [1.165, 1.54) is 18.2 Å². The molecule has 0 bridgehead atoms. The number of anilines is 1. The Kier molecular flexibility index (Phi) is 4.71. The van der Waals surface area contributed by atoms with E-state index in [9.17, 15) is 14.0 Å². The number of halogens is 2. The van der Waals surface area contributed by atoms with E-state index in [1.54, 1.807) is 0 Å². The van der Waals surface area contributed by atoms with Crippen LogP contribution >= 0.6 is 15.9 Å². The molecule has 1 aliphatic rings. The molecule has 1 heterocycles. The van der Waals surface area contributed by atoms with E-state index in [1.807, 2.05) is 30.3 Å². The maximum atomic E-state index is 13.8. The van der Waals surface area contributed by atoms with Gasteiger partial charge in [-0.3, -0.25) is 9.59 Å². The van der Waals surface area contributed by atoms with Crippen molar-refractivity contribution >= 4 is 39.1 Å². The second kappa shape index (κ2) is 6.92. The van der Waals surface area contributed by atoms with Gasteiger partial charge in [-0.1, -0.05) is 46.3 Å². The summed E-state index contributed by atoms with van der Waals surface area (Å²) in [6, 6.07) is 13.2. The molecule has 3 rings (SSSR count). The first kappa shape index (κ1) is 16.3. The number of benzene rings is 2. The van der Waals surface area contributed by atoms with Crippen molar-refractivity contribution in [2.24, 2.45) is 5.10 Å². The Morgan fingerprint density at radius 1 is 1.25 bits per heavy atom. The molecule has 0 saturated carbocycles. The third kappa shape index (κ3) is 3.35. The predicted molar refractivity (Wildman–Crippen MR) is 92.6 cm³/mol. The number of rotatable bonds is 2. The second-order valence-electron chi connectivity index (χ2n) is 5.14. The quantitative estimate of drug-likeness (QED) is 0.802. The van der Waals surface area contributed by atoms with Crippen molar-refractivity contribution in [2.75, 3.05) is 17.2 Å². The predicted octanol–water partition coefficient (Wildman–Crippen LogP) is 2.75. The molecular weight excluding hydrogens is 377 g/mol. The molecule has 0 saturated heterocycles. The van der Waals surface area contributed by atoms with Gasteiger partial charge in [-0.2, -0.15) is 5.10 Å². The molecule has 5 nitrogen and oxygen atoms in total. The molecule has 0 unspecified atom stereocenters. The monoisotopic (exact) mass is 389 g/mol. The normalized spacial score (nSPS) is 14.2. The molecule has 2 aromatic rings. The van der Waals surface area contributed by atoms with E-state index in [0.29, 0.717) is 22.5 Å². The molecule has 0 fully saturated rings. The van der Waals surface area contributed by atoms with Crippen molar-refractivity contribution in [3.63, 3.8) is 0 Å². The topological polar surface area (TPSA) is 61.8 Å². The number of hydrogen-bond donors (Lipinski definition) is 1. The number of alkyl halides is 1. The van der Waals surface area contributed by atoms with Crippen LogP contribution in [0.5, 0.6) is 0 Å². The third-order valence-corrected chi connectivity index (χ3v) is 3.95. The molecule has 0 aliphatic carbocycles. The zero-order valence-electron chi connectivity index (χ0n) is 12.5. The standard InChI is InChI=1S/C17H13BrFN3O2/c18-9-16(24)22-10-15(23)20-14-7-6-12(19)8-13(14)17(21-22)11-4-2-1-3-5-11/h1-8H,9-10H2,(H,20,23). The van der Waals surface area contributed by atoms with Crippen LogP contribution in [0.25, 0.3) is 0 Å². The van der Waals surface area contributed by atoms with Crippen LogP contribution in [-0.4, -0.2) is 34.4 Å². The van der Waals surface area contributed by atoms with Crippen LogP contribution in [0.4, 0.5) is 10.1 Å². The fourth-order valence-electron chi connectivity index (χ4n) is 2.38. The molecular formula is C17H13BrFN3O2. The number of carbonyl (C=O) groups is 2. The van der Waals surface area contributed by atoms with Crippen LogP contribution in [0.1, 0.15) is 11.1 Å². The van der Waals surface area contributed by atoms with Crippen molar-refractivity contribution in [1.82, 2.24) is 5.01 Å². The van der Waals surface area contributed by atoms with Gasteiger partial charge in [0.1, 0.15) is 18.1 Å². The highest BCUT2D eigenvalue weighted by molar-refractivity contribution is 9.09. The zero-order chi connectivity index (χ0) is 17.1.